The highest BCUT2D eigenvalue weighted by atomic mass is 16.5. The van der Waals surface area contributed by atoms with Gasteiger partial charge in [0.05, 0.1) is 52.9 Å². The number of aryl methyl sites for hydroxylation is 1. The molecule has 1 fully saturated rings. The average molecular weight is 409 g/mol. The third-order valence-electron chi connectivity index (χ3n) is 6.54. The molecular weight excluding hydrogens is 374 g/mol. The minimum Gasteiger partial charge on any atom is -0.497 e. The Balaban J connectivity index is 1.73. The molecule has 0 saturated carbocycles. The Morgan fingerprint density at radius 1 is 1.00 bits per heavy atom. The van der Waals surface area contributed by atoms with Gasteiger partial charge in [-0.3, -0.25) is 4.79 Å². The van der Waals surface area contributed by atoms with Crippen molar-refractivity contribution in [3.8, 4) is 5.75 Å². The molecule has 30 heavy (non-hydrogen) atoms. The number of ether oxygens (including phenoxy) is 1. The highest BCUT2D eigenvalue weighted by Crippen LogP contribution is 2.33. The van der Waals surface area contributed by atoms with Crippen LogP contribution in [0.25, 0.3) is 21.8 Å². The summed E-state index contributed by atoms with van der Waals surface area (Å²) >= 11 is 0. The van der Waals surface area contributed by atoms with Crippen molar-refractivity contribution >= 4 is 27.7 Å². The molecule has 0 bridgehead atoms. The maximum Gasteiger partial charge on any atom is 0.254 e. The van der Waals surface area contributed by atoms with Crippen LogP contribution in [-0.4, -0.2) is 67.2 Å². The molecule has 0 unspecified atom stereocenters. The summed E-state index contributed by atoms with van der Waals surface area (Å²) in [6.45, 7) is 6.86. The Morgan fingerprint density at radius 3 is 2.47 bits per heavy atom. The topological polar surface area (TPSA) is 34.5 Å². The van der Waals surface area contributed by atoms with E-state index in [4.69, 9.17) is 4.74 Å². The van der Waals surface area contributed by atoms with E-state index in [9.17, 15) is 4.79 Å². The van der Waals surface area contributed by atoms with Crippen molar-refractivity contribution in [2.75, 3.05) is 47.4 Å². The number of benzene rings is 2. The molecule has 4 rings (SSSR count). The van der Waals surface area contributed by atoms with Gasteiger partial charge in [-0.05, 0) is 36.8 Å². The molecule has 0 radical (unpaired) electrons. The van der Waals surface area contributed by atoms with Gasteiger partial charge in [0.1, 0.15) is 5.75 Å². The van der Waals surface area contributed by atoms with E-state index < -0.39 is 0 Å². The van der Waals surface area contributed by atoms with Crippen LogP contribution >= 0.6 is 0 Å². The molecule has 160 valence electrons. The molecule has 2 aromatic carbocycles. The lowest BCUT2D eigenvalue weighted by Crippen LogP contribution is -2.56. The normalized spacial score (nSPS) is 16.3. The van der Waals surface area contributed by atoms with Crippen LogP contribution in [0.2, 0.25) is 0 Å². The maximum atomic E-state index is 13.2. The van der Waals surface area contributed by atoms with E-state index in [1.807, 2.05) is 17.0 Å². The second-order valence-corrected chi connectivity index (χ2v) is 9.15. The van der Waals surface area contributed by atoms with Crippen molar-refractivity contribution in [1.82, 2.24) is 9.47 Å². The first-order valence-electron chi connectivity index (χ1n) is 11.1. The second kappa shape index (κ2) is 8.31. The minimum atomic E-state index is 0.150. The van der Waals surface area contributed by atoms with Gasteiger partial charge in [-0.1, -0.05) is 19.8 Å². The zero-order chi connectivity index (χ0) is 21.3. The van der Waals surface area contributed by atoms with E-state index in [1.54, 1.807) is 7.11 Å². The third kappa shape index (κ3) is 3.91. The van der Waals surface area contributed by atoms with Crippen LogP contribution in [-0.2, 0) is 6.54 Å². The summed E-state index contributed by atoms with van der Waals surface area (Å²) in [4.78, 5) is 15.2. The van der Waals surface area contributed by atoms with Crippen LogP contribution in [0.5, 0.6) is 5.75 Å². The zero-order valence-electron chi connectivity index (χ0n) is 18.8. The molecule has 0 N–H and O–H groups in total. The number of carbonyl (C=O) groups excluding carboxylic acids is 1. The van der Waals surface area contributed by atoms with Crippen molar-refractivity contribution in [1.29, 1.82) is 0 Å². The lowest BCUT2D eigenvalue weighted by atomic mass is 10.1. The number of carbonyl (C=O) groups is 1. The number of quaternary nitrogens is 1. The Morgan fingerprint density at radius 2 is 1.77 bits per heavy atom. The highest BCUT2D eigenvalue weighted by Gasteiger charge is 2.28. The monoisotopic (exact) mass is 408 g/mol. The average Bonchev–Trinajstić information content (AvgIpc) is 3.05. The summed E-state index contributed by atoms with van der Waals surface area (Å²) in [6.07, 6.45) is 3.56. The van der Waals surface area contributed by atoms with Gasteiger partial charge in [-0.2, -0.15) is 0 Å². The van der Waals surface area contributed by atoms with E-state index in [-0.39, 0.29) is 5.91 Å². The van der Waals surface area contributed by atoms with Crippen LogP contribution in [0.15, 0.2) is 36.4 Å². The molecule has 1 amide bonds. The number of unbranched alkanes of at least 4 members (excludes halogenated alkanes) is 2. The summed E-state index contributed by atoms with van der Waals surface area (Å²) < 4.78 is 8.85. The molecule has 0 aliphatic carbocycles. The van der Waals surface area contributed by atoms with Gasteiger partial charge in [0.15, 0.2) is 0 Å². The summed E-state index contributed by atoms with van der Waals surface area (Å²) in [7, 11) is 6.17. The van der Waals surface area contributed by atoms with Crippen LogP contribution in [0, 0.1) is 0 Å². The van der Waals surface area contributed by atoms with Gasteiger partial charge < -0.3 is 18.7 Å². The zero-order valence-corrected chi connectivity index (χ0v) is 18.8. The fourth-order valence-electron chi connectivity index (χ4n) is 4.49. The van der Waals surface area contributed by atoms with Gasteiger partial charge in [0.25, 0.3) is 5.91 Å². The molecule has 1 saturated heterocycles. The molecule has 5 heteroatoms. The van der Waals surface area contributed by atoms with Crippen molar-refractivity contribution in [2.24, 2.45) is 0 Å². The molecule has 0 atom stereocenters. The summed E-state index contributed by atoms with van der Waals surface area (Å²) in [5.41, 5.74) is 3.17. The van der Waals surface area contributed by atoms with E-state index in [1.165, 1.54) is 29.3 Å². The van der Waals surface area contributed by atoms with Crippen molar-refractivity contribution in [3.63, 3.8) is 0 Å². The Hall–Kier alpha value is -2.53. The van der Waals surface area contributed by atoms with Crippen LogP contribution in [0.3, 0.4) is 0 Å². The first-order valence-corrected chi connectivity index (χ1v) is 11.1. The first-order chi connectivity index (χ1) is 14.4. The molecule has 5 nitrogen and oxygen atoms in total. The SMILES string of the molecule is CCCCCn1c2ccc(C(=O)N3CC[N+](C)(C)CC3)cc2c2ccc(OC)cc21. The number of fused-ring (bicyclic) bond motifs is 3. The van der Waals surface area contributed by atoms with Gasteiger partial charge >= 0.3 is 0 Å². The summed E-state index contributed by atoms with van der Waals surface area (Å²) in [5, 5.41) is 2.34. The minimum absolute atomic E-state index is 0.150. The molecule has 2 heterocycles. The molecule has 1 aromatic heterocycles. The largest absolute Gasteiger partial charge is 0.497 e. The number of methoxy groups -OCH3 is 1. The van der Waals surface area contributed by atoms with Crippen LogP contribution < -0.4 is 4.74 Å². The van der Waals surface area contributed by atoms with Crippen molar-refractivity contribution in [2.45, 2.75) is 32.7 Å². The molecule has 1 aliphatic heterocycles. The molecule has 3 aromatic rings. The van der Waals surface area contributed by atoms with E-state index in [0.29, 0.717) is 0 Å². The standard InChI is InChI=1S/C25H34N3O2/c1-5-6-7-12-27-23-11-8-19(25(29)26-13-15-28(2,3)16-14-26)17-22(23)21-10-9-20(30-4)18-24(21)27/h8-11,17-18H,5-7,12-16H2,1-4H3/q+1. The smallest absolute Gasteiger partial charge is 0.254 e. The van der Waals surface area contributed by atoms with Crippen molar-refractivity contribution < 1.29 is 14.0 Å². The Labute approximate surface area is 179 Å². The first kappa shape index (κ1) is 20.7. The quantitative estimate of drug-likeness (QED) is 0.444. The van der Waals surface area contributed by atoms with Crippen LogP contribution in [0.1, 0.15) is 36.5 Å². The van der Waals surface area contributed by atoms with E-state index in [0.717, 1.165) is 60.3 Å². The number of hydrogen-bond acceptors (Lipinski definition) is 2. The van der Waals surface area contributed by atoms with Crippen molar-refractivity contribution in [3.05, 3.63) is 42.0 Å². The van der Waals surface area contributed by atoms with E-state index >= 15 is 0 Å². The lowest BCUT2D eigenvalue weighted by Gasteiger charge is -2.39. The number of rotatable bonds is 6. The fraction of sp³-hybridized carbons (Fsp3) is 0.480. The predicted octanol–water partition coefficient (Wildman–Crippen LogP) is 4.53. The number of aromatic nitrogens is 1. The molecule has 0 spiro atoms. The Kier molecular flexibility index (Phi) is 5.74. The van der Waals surface area contributed by atoms with Crippen LogP contribution in [0.4, 0.5) is 0 Å². The number of hydrogen-bond donors (Lipinski definition) is 0. The number of piperazine rings is 1. The lowest BCUT2D eigenvalue weighted by molar-refractivity contribution is -0.894. The van der Waals surface area contributed by atoms with Gasteiger partial charge in [-0.25, -0.2) is 0 Å². The Bertz CT molecular complexity index is 1060. The fourth-order valence-corrected chi connectivity index (χ4v) is 4.49. The van der Waals surface area contributed by atoms with Gasteiger partial charge in [-0.15, -0.1) is 0 Å². The molecule has 1 aliphatic rings. The summed E-state index contributed by atoms with van der Waals surface area (Å²) in [5.74, 6) is 1.02. The second-order valence-electron chi connectivity index (χ2n) is 9.15. The van der Waals surface area contributed by atoms with E-state index in [2.05, 4.69) is 49.9 Å². The third-order valence-corrected chi connectivity index (χ3v) is 6.54. The van der Waals surface area contributed by atoms with Gasteiger partial charge in [0.2, 0.25) is 0 Å². The van der Waals surface area contributed by atoms with Gasteiger partial charge in [0, 0.05) is 34.5 Å². The number of amides is 1. The number of nitrogens with zero attached hydrogens (tertiary/aromatic N) is 3. The number of likely N-dealkylation sites (N-methyl/N-ethyl adjacent to an activating group) is 1. The molecular formula is C25H34N3O2+. The summed E-state index contributed by atoms with van der Waals surface area (Å²) in [6, 6.07) is 12.5. The predicted molar refractivity (Wildman–Crippen MR) is 123 cm³/mol. The maximum absolute atomic E-state index is 13.2. The highest BCUT2D eigenvalue weighted by molar-refractivity contribution is 6.11.